The molecule has 0 amide bonds. The molecule has 1 unspecified atom stereocenters. The van der Waals surface area contributed by atoms with Crippen LogP contribution >= 0.6 is 0 Å². The summed E-state index contributed by atoms with van der Waals surface area (Å²) in [6.07, 6.45) is 70.8. The molecule has 70 heavy (non-hydrogen) atoms. The van der Waals surface area contributed by atoms with Gasteiger partial charge in [-0.1, -0.05) is 308 Å². The molecule has 0 aromatic heterocycles. The van der Waals surface area contributed by atoms with Crippen LogP contribution in [0.1, 0.15) is 348 Å². The Bertz CT molecular complexity index is 1130. The fourth-order valence-corrected chi connectivity index (χ4v) is 9.48. The van der Waals surface area contributed by atoms with E-state index in [1.807, 2.05) is 0 Å². The summed E-state index contributed by atoms with van der Waals surface area (Å²) in [5, 5.41) is 0. The summed E-state index contributed by atoms with van der Waals surface area (Å²) < 4.78 is 16.8. The van der Waals surface area contributed by atoms with Gasteiger partial charge in [0.2, 0.25) is 0 Å². The molecule has 0 aliphatic heterocycles. The van der Waals surface area contributed by atoms with Crippen molar-refractivity contribution in [3.05, 3.63) is 24.3 Å². The van der Waals surface area contributed by atoms with Gasteiger partial charge in [-0.25, -0.2) is 0 Å². The lowest BCUT2D eigenvalue weighted by atomic mass is 10.0. The van der Waals surface area contributed by atoms with Crippen molar-refractivity contribution in [2.75, 3.05) is 13.2 Å². The van der Waals surface area contributed by atoms with E-state index in [4.69, 9.17) is 14.2 Å². The second kappa shape index (κ2) is 59.5. The van der Waals surface area contributed by atoms with Gasteiger partial charge in [-0.05, 0) is 44.9 Å². The number of hydrogen-bond acceptors (Lipinski definition) is 6. The minimum Gasteiger partial charge on any atom is -0.462 e. The lowest BCUT2D eigenvalue weighted by Crippen LogP contribution is -2.30. The van der Waals surface area contributed by atoms with Crippen molar-refractivity contribution < 1.29 is 28.6 Å². The number of allylic oxidation sites excluding steroid dienone is 4. The van der Waals surface area contributed by atoms with E-state index >= 15 is 0 Å². The van der Waals surface area contributed by atoms with Gasteiger partial charge in [-0.3, -0.25) is 14.4 Å². The van der Waals surface area contributed by atoms with E-state index in [1.165, 1.54) is 218 Å². The summed E-state index contributed by atoms with van der Waals surface area (Å²) in [4.78, 5) is 38.0. The van der Waals surface area contributed by atoms with Crippen molar-refractivity contribution >= 4 is 17.9 Å². The molecule has 0 fully saturated rings. The molecule has 0 saturated carbocycles. The Labute approximate surface area is 436 Å². The molecule has 1 atom stereocenters. The lowest BCUT2D eigenvalue weighted by Gasteiger charge is -2.18. The van der Waals surface area contributed by atoms with Gasteiger partial charge < -0.3 is 14.2 Å². The molecule has 0 rings (SSSR count). The third-order valence-electron chi connectivity index (χ3n) is 14.2. The highest BCUT2D eigenvalue weighted by Gasteiger charge is 2.19. The van der Waals surface area contributed by atoms with Crippen LogP contribution in [0, 0.1) is 0 Å². The van der Waals surface area contributed by atoms with Crippen LogP contribution in [0.4, 0.5) is 0 Å². The Hall–Kier alpha value is -2.11. The van der Waals surface area contributed by atoms with Crippen molar-refractivity contribution in [3.8, 4) is 0 Å². The molecule has 0 spiro atoms. The van der Waals surface area contributed by atoms with Gasteiger partial charge in [0.05, 0.1) is 0 Å². The average Bonchev–Trinajstić information content (AvgIpc) is 3.36. The molecule has 0 saturated heterocycles. The molecule has 0 aromatic carbocycles. The maximum absolute atomic E-state index is 12.8. The van der Waals surface area contributed by atoms with E-state index < -0.39 is 6.10 Å². The molecule has 0 aliphatic rings. The van der Waals surface area contributed by atoms with E-state index in [0.29, 0.717) is 19.3 Å². The van der Waals surface area contributed by atoms with Crippen LogP contribution in [0.5, 0.6) is 0 Å². The number of ether oxygens (including phenoxy) is 3. The predicted molar refractivity (Wildman–Crippen MR) is 303 cm³/mol. The molecular weight excluding hydrogens is 865 g/mol. The molecule has 0 radical (unpaired) electrons. The molecule has 0 aromatic rings. The first-order valence-electron chi connectivity index (χ1n) is 31.3. The summed E-state index contributed by atoms with van der Waals surface area (Å²) in [6.45, 7) is 6.59. The Balaban J connectivity index is 4.01. The van der Waals surface area contributed by atoms with Crippen molar-refractivity contribution in [1.29, 1.82) is 0 Å². The summed E-state index contributed by atoms with van der Waals surface area (Å²) >= 11 is 0. The third kappa shape index (κ3) is 56.8. The highest BCUT2D eigenvalue weighted by atomic mass is 16.6. The van der Waals surface area contributed by atoms with Crippen molar-refractivity contribution in [3.63, 3.8) is 0 Å². The first-order chi connectivity index (χ1) is 34.5. The Morgan fingerprint density at radius 3 is 0.843 bits per heavy atom. The van der Waals surface area contributed by atoms with Gasteiger partial charge in [0.25, 0.3) is 0 Å². The molecule has 0 N–H and O–H groups in total. The van der Waals surface area contributed by atoms with Gasteiger partial charge in [0.1, 0.15) is 13.2 Å². The van der Waals surface area contributed by atoms with E-state index in [1.54, 1.807) is 0 Å². The Morgan fingerprint density at radius 1 is 0.286 bits per heavy atom. The second-order valence-corrected chi connectivity index (χ2v) is 21.3. The zero-order valence-corrected chi connectivity index (χ0v) is 47.3. The van der Waals surface area contributed by atoms with Crippen LogP contribution in [-0.2, 0) is 28.6 Å². The smallest absolute Gasteiger partial charge is 0.306 e. The first kappa shape index (κ1) is 67.9. The molecule has 0 aliphatic carbocycles. The minimum atomic E-state index is -0.773. The standard InChI is InChI=1S/C64H120O6/c1-4-7-10-13-16-19-21-23-24-25-26-27-28-29-30-31-32-33-34-35-36-37-38-39-41-42-45-48-51-54-57-63(66)69-60-61(59-68-62(65)56-53-50-47-44-18-15-12-9-6-3)70-64(67)58-55-52-49-46-43-40-22-20-17-14-11-8-5-2/h11,14,20,22,61H,4-10,12-13,15-19,21,23-60H2,1-3H3/b14-11-,22-20-. The molecule has 6 heteroatoms. The van der Waals surface area contributed by atoms with E-state index in [0.717, 1.165) is 89.9 Å². The number of rotatable bonds is 58. The predicted octanol–water partition coefficient (Wildman–Crippen LogP) is 21.1. The topological polar surface area (TPSA) is 78.9 Å². The Morgan fingerprint density at radius 2 is 0.543 bits per heavy atom. The van der Waals surface area contributed by atoms with Gasteiger partial charge in [-0.2, -0.15) is 0 Å². The summed E-state index contributed by atoms with van der Waals surface area (Å²) in [5.41, 5.74) is 0. The van der Waals surface area contributed by atoms with Crippen LogP contribution < -0.4 is 0 Å². The van der Waals surface area contributed by atoms with E-state index in [-0.39, 0.29) is 31.1 Å². The van der Waals surface area contributed by atoms with Crippen LogP contribution in [0.2, 0.25) is 0 Å². The van der Waals surface area contributed by atoms with Crippen LogP contribution in [0.3, 0.4) is 0 Å². The SMILES string of the molecule is CCC/C=C\C/C=C\CCCCCCCC(=O)OC(COC(=O)CCCCCCCCCCC)COC(=O)CCCCCCCCCCCCCCCCCCCCCCCCCCCCCCCC. The fraction of sp³-hybridized carbons (Fsp3) is 0.891. The van der Waals surface area contributed by atoms with Gasteiger partial charge >= 0.3 is 17.9 Å². The lowest BCUT2D eigenvalue weighted by molar-refractivity contribution is -0.167. The van der Waals surface area contributed by atoms with Crippen molar-refractivity contribution in [2.24, 2.45) is 0 Å². The van der Waals surface area contributed by atoms with E-state index in [2.05, 4.69) is 45.1 Å². The third-order valence-corrected chi connectivity index (χ3v) is 14.2. The van der Waals surface area contributed by atoms with Gasteiger partial charge in [-0.15, -0.1) is 0 Å². The molecule has 0 bridgehead atoms. The molecular formula is C64H120O6. The van der Waals surface area contributed by atoms with Gasteiger partial charge in [0.15, 0.2) is 6.10 Å². The number of unbranched alkanes of at least 4 members (excludes halogenated alkanes) is 43. The highest BCUT2D eigenvalue weighted by molar-refractivity contribution is 5.71. The molecule has 412 valence electrons. The summed E-state index contributed by atoms with van der Waals surface area (Å²) in [7, 11) is 0. The number of esters is 3. The van der Waals surface area contributed by atoms with E-state index in [9.17, 15) is 14.4 Å². The van der Waals surface area contributed by atoms with Crippen LogP contribution in [-0.4, -0.2) is 37.2 Å². The zero-order chi connectivity index (χ0) is 50.7. The fourth-order valence-electron chi connectivity index (χ4n) is 9.48. The van der Waals surface area contributed by atoms with Gasteiger partial charge in [0, 0.05) is 19.3 Å². The average molecular weight is 986 g/mol. The highest BCUT2D eigenvalue weighted by Crippen LogP contribution is 2.18. The number of carbonyl (C=O) groups is 3. The summed E-state index contributed by atoms with van der Waals surface area (Å²) in [6, 6.07) is 0. The maximum atomic E-state index is 12.8. The molecule has 6 nitrogen and oxygen atoms in total. The monoisotopic (exact) mass is 985 g/mol. The van der Waals surface area contributed by atoms with Crippen LogP contribution in [0.15, 0.2) is 24.3 Å². The number of hydrogen-bond donors (Lipinski definition) is 0. The normalized spacial score (nSPS) is 12.1. The van der Waals surface area contributed by atoms with Crippen molar-refractivity contribution in [2.45, 2.75) is 354 Å². The molecule has 0 heterocycles. The second-order valence-electron chi connectivity index (χ2n) is 21.3. The maximum Gasteiger partial charge on any atom is 0.306 e. The zero-order valence-electron chi connectivity index (χ0n) is 47.3. The summed E-state index contributed by atoms with van der Waals surface area (Å²) in [5.74, 6) is -0.870. The quantitative estimate of drug-likeness (QED) is 0.0261. The number of carbonyl (C=O) groups excluding carboxylic acids is 3. The minimum absolute atomic E-state index is 0.0720. The first-order valence-corrected chi connectivity index (χ1v) is 31.3. The van der Waals surface area contributed by atoms with Crippen molar-refractivity contribution in [1.82, 2.24) is 0 Å². The largest absolute Gasteiger partial charge is 0.462 e. The Kier molecular flexibility index (Phi) is 57.7. The van der Waals surface area contributed by atoms with Crippen LogP contribution in [0.25, 0.3) is 0 Å².